The molecule has 1 aromatic carbocycles. The highest BCUT2D eigenvalue weighted by molar-refractivity contribution is 6.04. The van der Waals surface area contributed by atoms with Gasteiger partial charge in [-0.2, -0.15) is 5.10 Å². The number of rotatable bonds is 7. The van der Waals surface area contributed by atoms with Crippen molar-refractivity contribution in [2.24, 2.45) is 0 Å². The molecule has 8 nitrogen and oxygen atoms in total. The predicted octanol–water partition coefficient (Wildman–Crippen LogP) is 1.36. The molecule has 1 aromatic heterocycles. The van der Waals surface area contributed by atoms with Crippen molar-refractivity contribution in [1.29, 1.82) is 0 Å². The van der Waals surface area contributed by atoms with Crippen LogP contribution < -0.4 is 10.6 Å². The largest absolute Gasteiger partial charge is 0.480 e. The molecule has 0 aliphatic rings. The quantitative estimate of drug-likeness (QED) is 0.709. The van der Waals surface area contributed by atoms with Gasteiger partial charge in [0, 0.05) is 24.0 Å². The number of hydrogen-bond donors (Lipinski definition) is 3. The summed E-state index contributed by atoms with van der Waals surface area (Å²) >= 11 is 0. The van der Waals surface area contributed by atoms with Gasteiger partial charge in [-0.1, -0.05) is 6.92 Å². The monoisotopic (exact) mass is 330 g/mol. The molecule has 0 saturated heterocycles. The molecule has 2 aromatic rings. The zero-order chi connectivity index (χ0) is 17.5. The molecular weight excluding hydrogens is 312 g/mol. The van der Waals surface area contributed by atoms with Crippen molar-refractivity contribution < 1.29 is 19.5 Å². The molecule has 0 aliphatic heterocycles. The summed E-state index contributed by atoms with van der Waals surface area (Å²) in [6.07, 6.45) is 4.10. The zero-order valence-corrected chi connectivity index (χ0v) is 13.2. The average Bonchev–Trinajstić information content (AvgIpc) is 3.02. The number of amides is 2. The van der Waals surface area contributed by atoms with Crippen LogP contribution in [0.3, 0.4) is 0 Å². The fourth-order valence-corrected chi connectivity index (χ4v) is 2.00. The third-order valence-electron chi connectivity index (χ3n) is 3.15. The van der Waals surface area contributed by atoms with Gasteiger partial charge in [-0.25, -0.2) is 0 Å². The van der Waals surface area contributed by atoms with Crippen molar-refractivity contribution in [3.63, 3.8) is 0 Å². The van der Waals surface area contributed by atoms with Gasteiger partial charge in [0.15, 0.2) is 0 Å². The Morgan fingerprint density at radius 3 is 2.46 bits per heavy atom. The van der Waals surface area contributed by atoms with E-state index in [1.165, 1.54) is 18.3 Å². The topological polar surface area (TPSA) is 113 Å². The number of aliphatic carboxylic acids is 1. The lowest BCUT2D eigenvalue weighted by Crippen LogP contribution is -2.29. The molecule has 3 N–H and O–H groups in total. The number of nitrogens with zero attached hydrogens (tertiary/aromatic N) is 2. The van der Waals surface area contributed by atoms with Crippen LogP contribution in [-0.2, 0) is 11.3 Å². The lowest BCUT2D eigenvalue weighted by atomic mass is 10.2. The van der Waals surface area contributed by atoms with Gasteiger partial charge >= 0.3 is 5.97 Å². The number of nitrogens with one attached hydrogen (secondary N) is 2. The number of hydrogen-bond acceptors (Lipinski definition) is 4. The third kappa shape index (κ3) is 4.67. The van der Waals surface area contributed by atoms with Crippen LogP contribution >= 0.6 is 0 Å². The first-order valence-corrected chi connectivity index (χ1v) is 7.43. The minimum Gasteiger partial charge on any atom is -0.480 e. The smallest absolute Gasteiger partial charge is 0.322 e. The molecule has 2 amide bonds. The molecule has 0 saturated carbocycles. The second kappa shape index (κ2) is 7.91. The summed E-state index contributed by atoms with van der Waals surface area (Å²) in [6.45, 7) is 2.32. The maximum Gasteiger partial charge on any atom is 0.322 e. The Bertz CT molecular complexity index is 737. The Labute approximate surface area is 138 Å². The van der Waals surface area contributed by atoms with Gasteiger partial charge in [-0.15, -0.1) is 0 Å². The van der Waals surface area contributed by atoms with Crippen LogP contribution in [0.2, 0.25) is 0 Å². The van der Waals surface area contributed by atoms with Crippen molar-refractivity contribution in [1.82, 2.24) is 15.1 Å². The van der Waals surface area contributed by atoms with E-state index in [0.29, 0.717) is 16.8 Å². The predicted molar refractivity (Wildman–Crippen MR) is 86.9 cm³/mol. The Morgan fingerprint density at radius 2 is 1.83 bits per heavy atom. The molecule has 0 bridgehead atoms. The Hall–Kier alpha value is -3.16. The van der Waals surface area contributed by atoms with E-state index in [-0.39, 0.29) is 5.91 Å². The summed E-state index contributed by atoms with van der Waals surface area (Å²) in [5, 5.41) is 17.6. The van der Waals surface area contributed by atoms with E-state index in [1.54, 1.807) is 23.0 Å². The molecule has 0 atom stereocenters. The van der Waals surface area contributed by atoms with E-state index in [1.807, 2.05) is 6.92 Å². The normalized spacial score (nSPS) is 10.2. The summed E-state index contributed by atoms with van der Waals surface area (Å²) in [6, 6.07) is 6.16. The van der Waals surface area contributed by atoms with Crippen LogP contribution in [0.25, 0.3) is 0 Å². The molecule has 1 heterocycles. The summed E-state index contributed by atoms with van der Waals surface area (Å²) in [7, 11) is 0. The molecule has 0 fully saturated rings. The lowest BCUT2D eigenvalue weighted by molar-refractivity contribution is -0.135. The number of aromatic nitrogens is 2. The fraction of sp³-hybridized carbons (Fsp3) is 0.250. The third-order valence-corrected chi connectivity index (χ3v) is 3.15. The van der Waals surface area contributed by atoms with Crippen LogP contribution in [-0.4, -0.2) is 39.2 Å². The van der Waals surface area contributed by atoms with E-state index < -0.39 is 18.4 Å². The van der Waals surface area contributed by atoms with Crippen LogP contribution in [0.15, 0.2) is 36.7 Å². The zero-order valence-electron chi connectivity index (χ0n) is 13.2. The SMILES string of the molecule is CCCn1cc(C(=O)Nc2ccc(C(=O)NCC(=O)O)cc2)cn1. The second-order valence-electron chi connectivity index (χ2n) is 5.10. The van der Waals surface area contributed by atoms with Gasteiger partial charge < -0.3 is 15.7 Å². The number of carbonyl (C=O) groups excluding carboxylic acids is 2. The van der Waals surface area contributed by atoms with Gasteiger partial charge in [0.05, 0.1) is 11.8 Å². The number of anilines is 1. The minimum atomic E-state index is -1.11. The van der Waals surface area contributed by atoms with Crippen LogP contribution in [0.4, 0.5) is 5.69 Å². The summed E-state index contributed by atoms with van der Waals surface area (Å²) in [4.78, 5) is 34.2. The maximum atomic E-state index is 12.1. The first-order valence-electron chi connectivity index (χ1n) is 7.43. The first kappa shape index (κ1) is 17.2. The number of carboxylic acids is 1. The number of carboxylic acid groups (broad SMARTS) is 1. The fourth-order valence-electron chi connectivity index (χ4n) is 2.00. The number of carbonyl (C=O) groups is 3. The van der Waals surface area contributed by atoms with Gasteiger partial charge in [-0.3, -0.25) is 19.1 Å². The molecule has 2 rings (SSSR count). The Kier molecular flexibility index (Phi) is 5.67. The van der Waals surface area contributed by atoms with Gasteiger partial charge in [0.1, 0.15) is 6.54 Å². The Morgan fingerprint density at radius 1 is 1.12 bits per heavy atom. The first-order chi connectivity index (χ1) is 11.5. The highest BCUT2D eigenvalue weighted by atomic mass is 16.4. The average molecular weight is 330 g/mol. The molecule has 0 aliphatic carbocycles. The highest BCUT2D eigenvalue weighted by Gasteiger charge is 2.10. The number of benzene rings is 1. The molecule has 0 spiro atoms. The molecule has 0 unspecified atom stereocenters. The number of aryl methyl sites for hydroxylation is 1. The van der Waals surface area contributed by atoms with Crippen LogP contribution in [0.5, 0.6) is 0 Å². The lowest BCUT2D eigenvalue weighted by Gasteiger charge is -2.06. The van der Waals surface area contributed by atoms with Crippen molar-refractivity contribution in [3.05, 3.63) is 47.8 Å². The van der Waals surface area contributed by atoms with Crippen molar-refractivity contribution in [3.8, 4) is 0 Å². The summed E-state index contributed by atoms with van der Waals surface area (Å²) < 4.78 is 1.70. The maximum absolute atomic E-state index is 12.1. The van der Waals surface area contributed by atoms with Crippen LogP contribution in [0, 0.1) is 0 Å². The standard InChI is InChI=1S/C16H18N4O4/c1-2-7-20-10-12(8-18-20)16(24)19-13-5-3-11(4-6-13)15(23)17-9-14(21)22/h3-6,8,10H,2,7,9H2,1H3,(H,17,23)(H,19,24)(H,21,22). The van der Waals surface area contributed by atoms with Gasteiger partial charge in [0.2, 0.25) is 0 Å². The Balaban J connectivity index is 1.96. The summed E-state index contributed by atoms with van der Waals surface area (Å²) in [5.41, 5.74) is 1.29. The highest BCUT2D eigenvalue weighted by Crippen LogP contribution is 2.11. The van der Waals surface area contributed by atoms with Crippen LogP contribution in [0.1, 0.15) is 34.1 Å². The summed E-state index contributed by atoms with van der Waals surface area (Å²) in [5.74, 6) is -1.90. The van der Waals surface area contributed by atoms with E-state index in [4.69, 9.17) is 5.11 Å². The molecule has 0 radical (unpaired) electrons. The van der Waals surface area contributed by atoms with Crippen molar-refractivity contribution in [2.75, 3.05) is 11.9 Å². The van der Waals surface area contributed by atoms with Gasteiger partial charge in [0.25, 0.3) is 11.8 Å². The van der Waals surface area contributed by atoms with E-state index in [0.717, 1.165) is 13.0 Å². The molecule has 8 heteroatoms. The molecule has 24 heavy (non-hydrogen) atoms. The van der Waals surface area contributed by atoms with Crippen molar-refractivity contribution in [2.45, 2.75) is 19.9 Å². The van der Waals surface area contributed by atoms with E-state index in [2.05, 4.69) is 15.7 Å². The second-order valence-corrected chi connectivity index (χ2v) is 5.10. The van der Waals surface area contributed by atoms with Crippen molar-refractivity contribution >= 4 is 23.5 Å². The minimum absolute atomic E-state index is 0.291. The van der Waals surface area contributed by atoms with Gasteiger partial charge in [-0.05, 0) is 30.7 Å². The molecule has 126 valence electrons. The van der Waals surface area contributed by atoms with E-state index >= 15 is 0 Å². The molecular formula is C16H18N4O4. The van der Waals surface area contributed by atoms with E-state index in [9.17, 15) is 14.4 Å².